The molecule has 0 spiro atoms. The quantitative estimate of drug-likeness (QED) is 0.895. The normalized spacial score (nSPS) is 12.4. The van der Waals surface area contributed by atoms with Crippen molar-refractivity contribution in [1.82, 2.24) is 5.32 Å². The van der Waals surface area contributed by atoms with Crippen LogP contribution in [0.25, 0.3) is 0 Å². The number of benzene rings is 1. The van der Waals surface area contributed by atoms with E-state index in [4.69, 9.17) is 9.15 Å². The maximum atomic E-state index is 5.47. The largest absolute Gasteiger partial charge is 0.496 e. The second kappa shape index (κ2) is 6.26. The topological polar surface area (TPSA) is 34.4 Å². The summed E-state index contributed by atoms with van der Waals surface area (Å²) in [7, 11) is 1.70. The van der Waals surface area contributed by atoms with Gasteiger partial charge in [0.05, 0.1) is 13.7 Å². The average molecular weight is 324 g/mol. The Morgan fingerprint density at radius 3 is 2.74 bits per heavy atom. The van der Waals surface area contributed by atoms with Crippen molar-refractivity contribution in [2.45, 2.75) is 26.4 Å². The smallest absolute Gasteiger partial charge is 0.169 e. The highest BCUT2D eigenvalue weighted by Crippen LogP contribution is 2.26. The van der Waals surface area contributed by atoms with E-state index in [-0.39, 0.29) is 6.04 Å². The van der Waals surface area contributed by atoms with Crippen LogP contribution in [0.15, 0.2) is 39.4 Å². The van der Waals surface area contributed by atoms with E-state index in [0.717, 1.165) is 21.7 Å². The van der Waals surface area contributed by atoms with E-state index in [1.165, 1.54) is 5.56 Å². The molecule has 1 heterocycles. The molecule has 19 heavy (non-hydrogen) atoms. The molecule has 2 rings (SSSR count). The second-order valence-electron chi connectivity index (χ2n) is 4.55. The van der Waals surface area contributed by atoms with Crippen molar-refractivity contribution >= 4 is 15.9 Å². The molecule has 0 radical (unpaired) electrons. The first-order valence-corrected chi connectivity index (χ1v) is 7.01. The van der Waals surface area contributed by atoms with Gasteiger partial charge in [0.2, 0.25) is 0 Å². The fourth-order valence-electron chi connectivity index (χ4n) is 2.00. The molecule has 0 amide bonds. The van der Waals surface area contributed by atoms with Gasteiger partial charge in [-0.2, -0.15) is 0 Å². The van der Waals surface area contributed by atoms with Gasteiger partial charge in [0.25, 0.3) is 0 Å². The molecule has 1 atom stereocenters. The minimum atomic E-state index is 0.193. The fourth-order valence-corrected chi connectivity index (χ4v) is 2.34. The molecule has 1 aromatic carbocycles. The molecule has 0 saturated carbocycles. The number of hydrogen-bond acceptors (Lipinski definition) is 3. The van der Waals surface area contributed by atoms with Crippen LogP contribution in [0.2, 0.25) is 0 Å². The van der Waals surface area contributed by atoms with Crippen LogP contribution in [0.1, 0.15) is 29.9 Å². The van der Waals surface area contributed by atoms with E-state index >= 15 is 0 Å². The van der Waals surface area contributed by atoms with Crippen LogP contribution in [0, 0.1) is 6.92 Å². The van der Waals surface area contributed by atoms with Crippen LogP contribution in [0.5, 0.6) is 5.75 Å². The van der Waals surface area contributed by atoms with Crippen molar-refractivity contribution in [1.29, 1.82) is 0 Å². The average Bonchev–Trinajstić information content (AvgIpc) is 2.81. The summed E-state index contributed by atoms with van der Waals surface area (Å²) in [4.78, 5) is 0. The summed E-state index contributed by atoms with van der Waals surface area (Å²) in [6.45, 7) is 4.89. The third-order valence-corrected chi connectivity index (χ3v) is 3.49. The molecular formula is C15H18BrNO2. The Hall–Kier alpha value is -1.26. The number of halogens is 1. The summed E-state index contributed by atoms with van der Waals surface area (Å²) in [6.07, 6.45) is 0. The van der Waals surface area contributed by atoms with Crippen LogP contribution in [0.3, 0.4) is 0 Å². The molecule has 0 saturated heterocycles. The molecule has 0 fully saturated rings. The number of furan rings is 1. The van der Waals surface area contributed by atoms with Crippen LogP contribution < -0.4 is 10.1 Å². The van der Waals surface area contributed by atoms with E-state index in [0.29, 0.717) is 6.54 Å². The molecule has 3 nitrogen and oxygen atoms in total. The fraction of sp³-hybridized carbons (Fsp3) is 0.333. The van der Waals surface area contributed by atoms with Crippen molar-refractivity contribution in [3.63, 3.8) is 0 Å². The number of aryl methyl sites for hydroxylation is 1. The predicted octanol–water partition coefficient (Wildman–Crippen LogP) is 4.21. The monoisotopic (exact) mass is 323 g/mol. The van der Waals surface area contributed by atoms with Gasteiger partial charge in [-0.15, -0.1) is 0 Å². The zero-order valence-corrected chi connectivity index (χ0v) is 13.0. The lowest BCUT2D eigenvalue weighted by atomic mass is 10.0. The highest BCUT2D eigenvalue weighted by atomic mass is 79.9. The SMILES string of the molecule is COc1ccc(C)cc1C(C)NCc1ccc(Br)o1. The van der Waals surface area contributed by atoms with Crippen LogP contribution in [-0.2, 0) is 6.54 Å². The summed E-state index contributed by atoms with van der Waals surface area (Å²) in [5, 5.41) is 3.44. The van der Waals surface area contributed by atoms with Gasteiger partial charge in [0.1, 0.15) is 11.5 Å². The van der Waals surface area contributed by atoms with Gasteiger partial charge in [-0.05, 0) is 48.0 Å². The molecule has 102 valence electrons. The van der Waals surface area contributed by atoms with E-state index in [9.17, 15) is 0 Å². The van der Waals surface area contributed by atoms with Crippen molar-refractivity contribution in [2.24, 2.45) is 0 Å². The van der Waals surface area contributed by atoms with Gasteiger partial charge >= 0.3 is 0 Å². The molecule has 0 bridgehead atoms. The lowest BCUT2D eigenvalue weighted by molar-refractivity contribution is 0.396. The van der Waals surface area contributed by atoms with Crippen molar-refractivity contribution in [2.75, 3.05) is 7.11 Å². The third kappa shape index (κ3) is 3.61. The van der Waals surface area contributed by atoms with E-state index in [1.807, 2.05) is 18.2 Å². The standard InChI is InChI=1S/C15H18BrNO2/c1-10-4-6-14(18-3)13(8-10)11(2)17-9-12-5-7-15(16)19-12/h4-8,11,17H,9H2,1-3H3. The van der Waals surface area contributed by atoms with Crippen LogP contribution in [0.4, 0.5) is 0 Å². The maximum Gasteiger partial charge on any atom is 0.169 e. The minimum absolute atomic E-state index is 0.193. The first-order valence-electron chi connectivity index (χ1n) is 6.22. The van der Waals surface area contributed by atoms with Gasteiger partial charge in [0, 0.05) is 11.6 Å². The highest BCUT2D eigenvalue weighted by molar-refractivity contribution is 9.10. The summed E-state index contributed by atoms with van der Waals surface area (Å²) in [5.74, 6) is 1.82. The highest BCUT2D eigenvalue weighted by Gasteiger charge is 2.12. The zero-order valence-electron chi connectivity index (χ0n) is 11.4. The van der Waals surface area contributed by atoms with E-state index in [2.05, 4.69) is 47.2 Å². The molecule has 1 N–H and O–H groups in total. The zero-order chi connectivity index (χ0) is 13.8. The predicted molar refractivity (Wildman–Crippen MR) is 79.4 cm³/mol. The Kier molecular flexibility index (Phi) is 4.66. The summed E-state index contributed by atoms with van der Waals surface area (Å²) in [5.41, 5.74) is 2.39. The molecule has 0 aliphatic heterocycles. The van der Waals surface area contributed by atoms with Gasteiger partial charge < -0.3 is 14.5 Å². The Bertz CT molecular complexity index is 551. The summed E-state index contributed by atoms with van der Waals surface area (Å²) in [6, 6.07) is 10.3. The number of ether oxygens (including phenoxy) is 1. The molecule has 0 aliphatic carbocycles. The van der Waals surface area contributed by atoms with Gasteiger partial charge in [-0.1, -0.05) is 17.7 Å². The van der Waals surface area contributed by atoms with E-state index < -0.39 is 0 Å². The molecule has 1 unspecified atom stereocenters. The van der Waals surface area contributed by atoms with E-state index in [1.54, 1.807) is 7.11 Å². The Labute approximate surface area is 122 Å². The lowest BCUT2D eigenvalue weighted by Gasteiger charge is -2.17. The first kappa shape index (κ1) is 14.2. The van der Waals surface area contributed by atoms with Crippen molar-refractivity contribution < 1.29 is 9.15 Å². The van der Waals surface area contributed by atoms with Gasteiger partial charge in [-0.25, -0.2) is 0 Å². The third-order valence-electron chi connectivity index (χ3n) is 3.06. The summed E-state index contributed by atoms with van der Waals surface area (Å²) < 4.78 is 11.6. The number of methoxy groups -OCH3 is 1. The van der Waals surface area contributed by atoms with Crippen LogP contribution in [-0.4, -0.2) is 7.11 Å². The first-order chi connectivity index (χ1) is 9.10. The molecule has 0 aliphatic rings. The van der Waals surface area contributed by atoms with Gasteiger partial charge in [0.15, 0.2) is 4.67 Å². The Morgan fingerprint density at radius 1 is 1.32 bits per heavy atom. The Balaban J connectivity index is 2.06. The molecule has 2 aromatic rings. The minimum Gasteiger partial charge on any atom is -0.496 e. The van der Waals surface area contributed by atoms with Crippen LogP contribution >= 0.6 is 15.9 Å². The number of rotatable bonds is 5. The number of hydrogen-bond donors (Lipinski definition) is 1. The maximum absolute atomic E-state index is 5.47. The summed E-state index contributed by atoms with van der Waals surface area (Å²) >= 11 is 3.30. The molecule has 4 heteroatoms. The van der Waals surface area contributed by atoms with Gasteiger partial charge in [-0.3, -0.25) is 0 Å². The Morgan fingerprint density at radius 2 is 2.11 bits per heavy atom. The molecular weight excluding hydrogens is 306 g/mol. The second-order valence-corrected chi connectivity index (χ2v) is 5.34. The number of nitrogens with one attached hydrogen (secondary N) is 1. The molecule has 1 aromatic heterocycles. The van der Waals surface area contributed by atoms with Crippen molar-refractivity contribution in [3.8, 4) is 5.75 Å². The van der Waals surface area contributed by atoms with Crippen molar-refractivity contribution in [3.05, 3.63) is 51.9 Å². The lowest BCUT2D eigenvalue weighted by Crippen LogP contribution is -2.18.